The molecule has 0 aliphatic heterocycles. The first-order chi connectivity index (χ1) is 15.9. The van der Waals surface area contributed by atoms with Crippen LogP contribution in [0.15, 0.2) is 88.0 Å². The third kappa shape index (κ3) is 4.61. The molecule has 0 radical (unpaired) electrons. The van der Waals surface area contributed by atoms with Crippen LogP contribution in [-0.2, 0) is 26.2 Å². The highest BCUT2D eigenvalue weighted by Crippen LogP contribution is 2.36. The first-order valence-corrected chi connectivity index (χ1v) is 13.4. The van der Waals surface area contributed by atoms with E-state index in [1.807, 2.05) is 0 Å². The van der Waals surface area contributed by atoms with Crippen molar-refractivity contribution in [3.63, 3.8) is 0 Å². The number of hydrogen-bond acceptors (Lipinski definition) is 5. The van der Waals surface area contributed by atoms with Crippen molar-refractivity contribution in [1.82, 2.24) is 0 Å². The maximum absolute atomic E-state index is 13.3. The van der Waals surface area contributed by atoms with Crippen LogP contribution in [0.4, 0.5) is 24.5 Å². The van der Waals surface area contributed by atoms with Gasteiger partial charge in [0.1, 0.15) is 4.21 Å². The number of alkyl halides is 3. The molecule has 0 atom stereocenters. The Morgan fingerprint density at radius 2 is 1.53 bits per heavy atom. The molecule has 4 rings (SSSR count). The molecule has 1 N–H and O–H groups in total. The van der Waals surface area contributed by atoms with Crippen LogP contribution in [0.5, 0.6) is 0 Å². The molecular weight excluding hydrogens is 509 g/mol. The molecule has 34 heavy (non-hydrogen) atoms. The summed E-state index contributed by atoms with van der Waals surface area (Å²) < 4.78 is 95.3. The quantitative estimate of drug-likeness (QED) is 0.357. The van der Waals surface area contributed by atoms with E-state index in [0.29, 0.717) is 6.07 Å². The van der Waals surface area contributed by atoms with E-state index in [0.717, 1.165) is 43.9 Å². The molecule has 12 heteroatoms. The minimum absolute atomic E-state index is 0.00973. The van der Waals surface area contributed by atoms with Gasteiger partial charge in [-0.25, -0.2) is 16.8 Å². The van der Waals surface area contributed by atoms with E-state index in [1.54, 1.807) is 24.3 Å². The van der Waals surface area contributed by atoms with Crippen LogP contribution in [0.25, 0.3) is 10.1 Å². The van der Waals surface area contributed by atoms with Crippen molar-refractivity contribution in [3.05, 3.63) is 84.4 Å². The molecular formula is C22H17F3N2O4S3. The summed E-state index contributed by atoms with van der Waals surface area (Å²) in [6.45, 7) is 0. The summed E-state index contributed by atoms with van der Waals surface area (Å²) in [7, 11) is -7.23. The summed E-state index contributed by atoms with van der Waals surface area (Å²) in [6, 6.07) is 17.7. The highest BCUT2D eigenvalue weighted by molar-refractivity contribution is 7.95. The van der Waals surface area contributed by atoms with Gasteiger partial charge in [0, 0.05) is 11.7 Å². The highest BCUT2D eigenvalue weighted by Gasteiger charge is 2.32. The third-order valence-corrected chi connectivity index (χ3v) is 9.68. The fourth-order valence-corrected chi connectivity index (χ4v) is 7.13. The Morgan fingerprint density at radius 3 is 2.24 bits per heavy atom. The van der Waals surface area contributed by atoms with Crippen molar-refractivity contribution in [1.29, 1.82) is 0 Å². The number of para-hydroxylation sites is 2. The number of rotatable bonds is 6. The minimum atomic E-state index is -4.72. The molecule has 3 aromatic carbocycles. The fourth-order valence-electron chi connectivity index (χ4n) is 3.23. The Kier molecular flexibility index (Phi) is 6.08. The number of nitrogens with zero attached hydrogens (tertiary/aromatic N) is 1. The predicted molar refractivity (Wildman–Crippen MR) is 126 cm³/mol. The first-order valence-electron chi connectivity index (χ1n) is 9.66. The Labute approximate surface area is 198 Å². The Bertz CT molecular complexity index is 1550. The van der Waals surface area contributed by atoms with E-state index in [4.69, 9.17) is 0 Å². The molecule has 0 saturated carbocycles. The van der Waals surface area contributed by atoms with Crippen molar-refractivity contribution in [2.24, 2.45) is 0 Å². The van der Waals surface area contributed by atoms with Crippen molar-refractivity contribution in [2.45, 2.75) is 15.3 Å². The van der Waals surface area contributed by atoms with Gasteiger partial charge in [-0.05, 0) is 47.9 Å². The summed E-state index contributed by atoms with van der Waals surface area (Å²) in [4.78, 5) is -0.604. The maximum atomic E-state index is 13.3. The number of nitrogens with one attached hydrogen (secondary N) is 1. The van der Waals surface area contributed by atoms with Crippen LogP contribution >= 0.6 is 11.3 Å². The summed E-state index contributed by atoms with van der Waals surface area (Å²) >= 11 is 1.07. The second-order valence-electron chi connectivity index (χ2n) is 7.22. The van der Waals surface area contributed by atoms with Gasteiger partial charge in [0.15, 0.2) is 0 Å². The van der Waals surface area contributed by atoms with Crippen LogP contribution in [0.3, 0.4) is 0 Å². The van der Waals surface area contributed by atoms with Gasteiger partial charge in [0.2, 0.25) is 0 Å². The van der Waals surface area contributed by atoms with Gasteiger partial charge in [-0.15, -0.1) is 11.3 Å². The lowest BCUT2D eigenvalue weighted by Gasteiger charge is -2.22. The van der Waals surface area contributed by atoms with Crippen LogP contribution in [0.1, 0.15) is 5.56 Å². The molecule has 1 heterocycles. The van der Waals surface area contributed by atoms with Crippen LogP contribution in [-0.4, -0.2) is 23.9 Å². The fraction of sp³-hybridized carbons (Fsp3) is 0.0909. The number of benzene rings is 3. The van der Waals surface area contributed by atoms with Crippen LogP contribution in [0.2, 0.25) is 0 Å². The number of fused-ring (bicyclic) bond motifs is 1. The standard InChI is InChI=1S/C22H17F3N2O4S3/c1-27(34(30,31)21-13-15-7-2-5-12-20(15)32-21)19-11-4-3-10-18(19)26-33(28,29)17-9-6-8-16(14-17)22(23,24)25/h2-14,26H,1H3. The van der Waals surface area contributed by atoms with Crippen LogP contribution < -0.4 is 9.03 Å². The van der Waals surface area contributed by atoms with Crippen molar-refractivity contribution in [2.75, 3.05) is 16.1 Å². The van der Waals surface area contributed by atoms with Crippen molar-refractivity contribution < 1.29 is 30.0 Å². The van der Waals surface area contributed by atoms with Gasteiger partial charge in [0.25, 0.3) is 20.0 Å². The molecule has 0 unspecified atom stereocenters. The zero-order chi connectivity index (χ0) is 24.7. The Morgan fingerprint density at radius 1 is 0.853 bits per heavy atom. The second kappa shape index (κ2) is 8.60. The topological polar surface area (TPSA) is 83.6 Å². The molecule has 0 fully saturated rings. The van der Waals surface area contributed by atoms with Gasteiger partial charge >= 0.3 is 6.18 Å². The van der Waals surface area contributed by atoms with E-state index < -0.39 is 36.7 Å². The molecule has 4 aromatic rings. The Hall–Kier alpha value is -3.09. The van der Waals surface area contributed by atoms with E-state index in [2.05, 4.69) is 4.72 Å². The summed E-state index contributed by atoms with van der Waals surface area (Å²) in [6.07, 6.45) is -4.72. The normalized spacial score (nSPS) is 12.6. The second-order valence-corrected chi connectivity index (χ2v) is 12.2. The molecule has 0 amide bonds. The highest BCUT2D eigenvalue weighted by atomic mass is 32.2. The summed E-state index contributed by atoms with van der Waals surface area (Å²) in [5.41, 5.74) is -1.21. The van der Waals surface area contributed by atoms with Crippen molar-refractivity contribution >= 4 is 52.8 Å². The van der Waals surface area contributed by atoms with Gasteiger partial charge in [0.05, 0.1) is 21.8 Å². The smallest absolute Gasteiger partial charge is 0.277 e. The molecule has 6 nitrogen and oxygen atoms in total. The Balaban J connectivity index is 1.70. The van der Waals surface area contributed by atoms with Crippen LogP contribution in [0, 0.1) is 0 Å². The van der Waals surface area contributed by atoms with E-state index >= 15 is 0 Å². The number of thiophene rings is 1. The molecule has 0 aliphatic carbocycles. The average molecular weight is 527 g/mol. The molecule has 178 valence electrons. The van der Waals surface area contributed by atoms with Gasteiger partial charge < -0.3 is 0 Å². The SMILES string of the molecule is CN(c1ccccc1NS(=O)(=O)c1cccc(C(F)(F)F)c1)S(=O)(=O)c1cc2ccccc2s1. The molecule has 0 spiro atoms. The van der Waals surface area contributed by atoms with Gasteiger partial charge in [-0.3, -0.25) is 9.03 Å². The lowest BCUT2D eigenvalue weighted by atomic mass is 10.2. The monoisotopic (exact) mass is 526 g/mol. The lowest BCUT2D eigenvalue weighted by molar-refractivity contribution is -0.137. The van der Waals surface area contributed by atoms with Gasteiger partial charge in [-0.2, -0.15) is 13.2 Å². The maximum Gasteiger partial charge on any atom is 0.416 e. The largest absolute Gasteiger partial charge is 0.416 e. The molecule has 1 aromatic heterocycles. The first kappa shape index (κ1) is 24.0. The minimum Gasteiger partial charge on any atom is -0.277 e. The average Bonchev–Trinajstić information content (AvgIpc) is 3.23. The molecule has 0 bridgehead atoms. The number of sulfonamides is 2. The summed E-state index contributed by atoms with van der Waals surface area (Å²) in [5, 5.41) is 0.748. The predicted octanol–water partition coefficient (Wildman–Crippen LogP) is 5.55. The van der Waals surface area contributed by atoms with E-state index in [9.17, 15) is 30.0 Å². The van der Waals surface area contributed by atoms with E-state index in [1.165, 1.54) is 37.4 Å². The molecule has 0 aliphatic rings. The number of anilines is 2. The summed E-state index contributed by atoms with van der Waals surface area (Å²) in [5.74, 6) is 0. The molecule has 0 saturated heterocycles. The van der Waals surface area contributed by atoms with Gasteiger partial charge in [-0.1, -0.05) is 36.4 Å². The third-order valence-electron chi connectivity index (χ3n) is 4.98. The number of hydrogen-bond donors (Lipinski definition) is 1. The van der Waals surface area contributed by atoms with E-state index in [-0.39, 0.29) is 15.6 Å². The lowest BCUT2D eigenvalue weighted by Crippen LogP contribution is -2.27. The van der Waals surface area contributed by atoms with Crippen molar-refractivity contribution in [3.8, 4) is 0 Å². The number of halogens is 3. The zero-order valence-electron chi connectivity index (χ0n) is 17.4. The zero-order valence-corrected chi connectivity index (χ0v) is 19.9.